The Bertz CT molecular complexity index is 642. The molecule has 1 heterocycles. The number of carboxylic acids is 1. The third kappa shape index (κ3) is 2.71. The number of benzene rings is 1. The van der Waals surface area contributed by atoms with Crippen molar-refractivity contribution in [1.29, 1.82) is 0 Å². The molecule has 0 aliphatic heterocycles. The molecule has 19 heavy (non-hydrogen) atoms. The first-order chi connectivity index (χ1) is 9.05. The molecule has 0 saturated carbocycles. The van der Waals surface area contributed by atoms with E-state index in [1.807, 2.05) is 0 Å². The van der Waals surface area contributed by atoms with E-state index < -0.39 is 5.97 Å². The van der Waals surface area contributed by atoms with Gasteiger partial charge in [0.2, 0.25) is 0 Å². The first-order valence-electron chi connectivity index (χ1n) is 5.48. The summed E-state index contributed by atoms with van der Waals surface area (Å²) in [6.07, 6.45) is -0.184. The summed E-state index contributed by atoms with van der Waals surface area (Å²) in [4.78, 5) is 15.0. The largest absolute Gasteiger partial charge is 0.497 e. The van der Waals surface area contributed by atoms with Crippen LogP contribution < -0.4 is 9.47 Å². The molecule has 0 atom stereocenters. The van der Waals surface area contributed by atoms with E-state index in [2.05, 4.69) is 4.98 Å². The average Bonchev–Trinajstić information content (AvgIpc) is 2.38. The minimum atomic E-state index is -0.962. The lowest BCUT2D eigenvalue weighted by atomic mass is 10.1. The van der Waals surface area contributed by atoms with E-state index in [-0.39, 0.29) is 11.6 Å². The summed E-state index contributed by atoms with van der Waals surface area (Å²) in [5, 5.41) is 9.70. The van der Waals surface area contributed by atoms with Gasteiger partial charge in [-0.1, -0.05) is 11.6 Å². The third-order valence-corrected chi connectivity index (χ3v) is 3.02. The Hall–Kier alpha value is -2.01. The Morgan fingerprint density at radius 3 is 2.63 bits per heavy atom. The standard InChI is InChI=1S/C13H12ClNO4/c1-18-8-5-10-9(11(6-8)19-2)3-7(4-12(16)17)13(14)15-10/h3,5-6H,4H2,1-2H3,(H,16,17). The molecule has 0 radical (unpaired) electrons. The van der Waals surface area contributed by atoms with Gasteiger partial charge in [-0.25, -0.2) is 4.98 Å². The number of fused-ring (bicyclic) bond motifs is 1. The molecule has 1 aromatic carbocycles. The molecule has 0 aliphatic carbocycles. The molecule has 1 aromatic heterocycles. The van der Waals surface area contributed by atoms with Crippen LogP contribution in [-0.4, -0.2) is 30.3 Å². The highest BCUT2D eigenvalue weighted by atomic mass is 35.5. The van der Waals surface area contributed by atoms with Gasteiger partial charge < -0.3 is 14.6 Å². The van der Waals surface area contributed by atoms with E-state index >= 15 is 0 Å². The van der Waals surface area contributed by atoms with E-state index in [1.54, 1.807) is 25.3 Å². The number of hydrogen-bond acceptors (Lipinski definition) is 4. The topological polar surface area (TPSA) is 68.7 Å². The zero-order valence-corrected chi connectivity index (χ0v) is 11.2. The van der Waals surface area contributed by atoms with Crippen molar-refractivity contribution in [3.05, 3.63) is 28.9 Å². The van der Waals surface area contributed by atoms with Crippen LogP contribution in [0.3, 0.4) is 0 Å². The predicted octanol–water partition coefficient (Wildman–Crippen LogP) is 2.53. The van der Waals surface area contributed by atoms with Gasteiger partial charge in [0, 0.05) is 23.1 Å². The Balaban J connectivity index is 2.66. The van der Waals surface area contributed by atoms with Gasteiger partial charge in [-0.3, -0.25) is 4.79 Å². The molecule has 2 rings (SSSR count). The van der Waals surface area contributed by atoms with Crippen LogP contribution in [0, 0.1) is 0 Å². The summed E-state index contributed by atoms with van der Waals surface area (Å²) in [5.74, 6) is 0.194. The van der Waals surface area contributed by atoms with Gasteiger partial charge in [0.25, 0.3) is 0 Å². The maximum atomic E-state index is 10.8. The number of aromatic nitrogens is 1. The van der Waals surface area contributed by atoms with Crippen molar-refractivity contribution in [1.82, 2.24) is 4.98 Å². The highest BCUT2D eigenvalue weighted by Crippen LogP contribution is 2.32. The van der Waals surface area contributed by atoms with E-state index in [1.165, 1.54) is 7.11 Å². The first kappa shape index (κ1) is 13.4. The molecule has 0 amide bonds. The van der Waals surface area contributed by atoms with Crippen LogP contribution >= 0.6 is 11.6 Å². The van der Waals surface area contributed by atoms with Gasteiger partial charge >= 0.3 is 5.97 Å². The minimum Gasteiger partial charge on any atom is -0.497 e. The van der Waals surface area contributed by atoms with E-state index in [0.29, 0.717) is 28.0 Å². The molecular formula is C13H12ClNO4. The van der Waals surface area contributed by atoms with Crippen molar-refractivity contribution >= 4 is 28.5 Å². The first-order valence-corrected chi connectivity index (χ1v) is 5.86. The summed E-state index contributed by atoms with van der Waals surface area (Å²) in [6.45, 7) is 0. The Morgan fingerprint density at radius 1 is 1.32 bits per heavy atom. The second kappa shape index (κ2) is 5.32. The molecule has 0 unspecified atom stereocenters. The molecule has 5 nitrogen and oxygen atoms in total. The molecular weight excluding hydrogens is 270 g/mol. The number of carboxylic acid groups (broad SMARTS) is 1. The Kier molecular flexibility index (Phi) is 3.76. The molecule has 100 valence electrons. The Morgan fingerprint density at radius 2 is 2.05 bits per heavy atom. The fraction of sp³-hybridized carbons (Fsp3) is 0.231. The monoisotopic (exact) mass is 281 g/mol. The molecule has 1 N–H and O–H groups in total. The second-order valence-electron chi connectivity index (χ2n) is 3.91. The maximum absolute atomic E-state index is 10.8. The minimum absolute atomic E-state index is 0.171. The normalized spacial score (nSPS) is 10.5. The summed E-state index contributed by atoms with van der Waals surface area (Å²) >= 11 is 5.98. The van der Waals surface area contributed by atoms with Crippen molar-refractivity contribution in [3.8, 4) is 11.5 Å². The number of hydrogen-bond donors (Lipinski definition) is 1. The second-order valence-corrected chi connectivity index (χ2v) is 4.26. The average molecular weight is 282 g/mol. The number of ether oxygens (including phenoxy) is 2. The fourth-order valence-corrected chi connectivity index (χ4v) is 2.02. The van der Waals surface area contributed by atoms with Crippen LogP contribution in [0.1, 0.15) is 5.56 Å². The van der Waals surface area contributed by atoms with Crippen LogP contribution in [0.5, 0.6) is 11.5 Å². The van der Waals surface area contributed by atoms with Crippen molar-refractivity contribution in [3.63, 3.8) is 0 Å². The van der Waals surface area contributed by atoms with Gasteiger partial charge in [-0.2, -0.15) is 0 Å². The zero-order valence-electron chi connectivity index (χ0n) is 10.4. The van der Waals surface area contributed by atoms with E-state index in [4.69, 9.17) is 26.2 Å². The number of nitrogens with zero attached hydrogens (tertiary/aromatic N) is 1. The van der Waals surface area contributed by atoms with Gasteiger partial charge in [0.05, 0.1) is 26.2 Å². The van der Waals surface area contributed by atoms with Gasteiger partial charge in [0.15, 0.2) is 0 Å². The smallest absolute Gasteiger partial charge is 0.307 e. The SMILES string of the molecule is COc1cc(OC)c2cc(CC(=O)O)c(Cl)nc2c1. The summed E-state index contributed by atoms with van der Waals surface area (Å²) in [5.41, 5.74) is 1.04. The highest BCUT2D eigenvalue weighted by Gasteiger charge is 2.13. The van der Waals surface area contributed by atoms with Crippen molar-refractivity contribution in [2.24, 2.45) is 0 Å². The van der Waals surface area contributed by atoms with Crippen LogP contribution in [0.25, 0.3) is 10.9 Å². The van der Waals surface area contributed by atoms with E-state index in [0.717, 1.165) is 0 Å². The van der Waals surface area contributed by atoms with Crippen molar-refractivity contribution < 1.29 is 19.4 Å². The van der Waals surface area contributed by atoms with Crippen LogP contribution in [0.4, 0.5) is 0 Å². The lowest BCUT2D eigenvalue weighted by Gasteiger charge is -2.10. The molecule has 0 bridgehead atoms. The number of halogens is 1. The van der Waals surface area contributed by atoms with Gasteiger partial charge in [0.1, 0.15) is 16.7 Å². The molecule has 0 saturated heterocycles. The molecule has 0 fully saturated rings. The van der Waals surface area contributed by atoms with E-state index in [9.17, 15) is 4.79 Å². The quantitative estimate of drug-likeness (QED) is 0.872. The van der Waals surface area contributed by atoms with Gasteiger partial charge in [-0.05, 0) is 6.07 Å². The third-order valence-electron chi connectivity index (χ3n) is 2.69. The molecule has 2 aromatic rings. The number of carbonyl (C=O) groups is 1. The summed E-state index contributed by atoms with van der Waals surface area (Å²) in [7, 11) is 3.07. The highest BCUT2D eigenvalue weighted by molar-refractivity contribution is 6.30. The Labute approximate surface area is 114 Å². The van der Waals surface area contributed by atoms with Gasteiger partial charge in [-0.15, -0.1) is 0 Å². The molecule has 0 aliphatic rings. The van der Waals surface area contributed by atoms with Crippen LogP contribution in [0.15, 0.2) is 18.2 Å². The number of aliphatic carboxylic acids is 1. The number of pyridine rings is 1. The number of methoxy groups -OCH3 is 2. The maximum Gasteiger partial charge on any atom is 0.307 e. The number of rotatable bonds is 4. The molecule has 0 spiro atoms. The summed E-state index contributed by atoms with van der Waals surface area (Å²) < 4.78 is 10.4. The van der Waals surface area contributed by atoms with Crippen molar-refractivity contribution in [2.75, 3.05) is 14.2 Å². The van der Waals surface area contributed by atoms with Crippen molar-refractivity contribution in [2.45, 2.75) is 6.42 Å². The lowest BCUT2D eigenvalue weighted by molar-refractivity contribution is -0.136. The predicted molar refractivity (Wildman–Crippen MR) is 71.2 cm³/mol. The lowest BCUT2D eigenvalue weighted by Crippen LogP contribution is -2.02. The molecule has 6 heteroatoms. The zero-order chi connectivity index (χ0) is 14.0. The van der Waals surface area contributed by atoms with Crippen LogP contribution in [-0.2, 0) is 11.2 Å². The fourth-order valence-electron chi connectivity index (χ4n) is 1.81. The summed E-state index contributed by atoms with van der Waals surface area (Å²) in [6, 6.07) is 5.10. The van der Waals surface area contributed by atoms with Crippen LogP contribution in [0.2, 0.25) is 5.15 Å².